The Morgan fingerprint density at radius 3 is 2.66 bits per heavy atom. The molecule has 0 spiro atoms. The number of hydrogen-bond donors (Lipinski definition) is 2. The number of amides is 1. The van der Waals surface area contributed by atoms with Gasteiger partial charge in [0.15, 0.2) is 28.1 Å². The van der Waals surface area contributed by atoms with Crippen molar-refractivity contribution in [2.75, 3.05) is 11.9 Å². The Hall–Kier alpha value is -2.18. The van der Waals surface area contributed by atoms with E-state index < -0.39 is 37.9 Å². The van der Waals surface area contributed by atoms with Crippen molar-refractivity contribution in [1.82, 2.24) is 9.29 Å². The first-order valence-corrected chi connectivity index (χ1v) is 10.7. The van der Waals surface area contributed by atoms with E-state index in [-0.39, 0.29) is 28.6 Å². The number of ether oxygens (including phenoxy) is 1. The molecule has 1 amide bonds. The van der Waals surface area contributed by atoms with Crippen LogP contribution in [-0.2, 0) is 17.1 Å². The Labute approximate surface area is 169 Å². The standard InChI is InChI=1S/C17H18F3N3O4S2/c1-17(2,20)28-13-8-27-15-12(29(25,26)22-13)7-23(3)14(15)16(24)21-9-4-5-10(18)11(19)6-9/h4-7,13,22H,8H2,1-3H3,(H,21,24). The van der Waals surface area contributed by atoms with Gasteiger partial charge in [-0.3, -0.25) is 4.79 Å². The van der Waals surface area contributed by atoms with Gasteiger partial charge in [-0.25, -0.2) is 21.6 Å². The summed E-state index contributed by atoms with van der Waals surface area (Å²) in [6, 6.07) is 2.80. The quantitative estimate of drug-likeness (QED) is 0.749. The van der Waals surface area contributed by atoms with Gasteiger partial charge < -0.3 is 14.6 Å². The molecule has 0 aliphatic carbocycles. The van der Waals surface area contributed by atoms with Crippen molar-refractivity contribution in [2.45, 2.75) is 29.1 Å². The summed E-state index contributed by atoms with van der Waals surface area (Å²) in [5, 5.41) is -0.263. The lowest BCUT2D eigenvalue weighted by Crippen LogP contribution is -2.36. The molecule has 1 aromatic carbocycles. The zero-order chi connectivity index (χ0) is 21.6. The number of alkyl halides is 1. The van der Waals surface area contributed by atoms with Crippen LogP contribution in [0.25, 0.3) is 0 Å². The number of fused-ring (bicyclic) bond motifs is 1. The van der Waals surface area contributed by atoms with Crippen molar-refractivity contribution < 1.29 is 31.1 Å². The predicted molar refractivity (Wildman–Crippen MR) is 102 cm³/mol. The van der Waals surface area contributed by atoms with E-state index in [1.54, 1.807) is 0 Å². The van der Waals surface area contributed by atoms with Gasteiger partial charge in [-0.05, 0) is 26.0 Å². The molecule has 2 aromatic rings. The molecule has 0 bridgehead atoms. The molecule has 0 radical (unpaired) electrons. The lowest BCUT2D eigenvalue weighted by Gasteiger charge is -2.21. The van der Waals surface area contributed by atoms with E-state index in [0.717, 1.165) is 30.0 Å². The van der Waals surface area contributed by atoms with Gasteiger partial charge in [0.1, 0.15) is 16.9 Å². The number of aryl methyl sites for hydroxylation is 1. The number of benzene rings is 1. The van der Waals surface area contributed by atoms with Crippen molar-refractivity contribution >= 4 is 33.4 Å². The normalized spacial score (nSPS) is 18.5. The van der Waals surface area contributed by atoms with E-state index in [1.807, 2.05) is 0 Å². The van der Waals surface area contributed by atoms with Gasteiger partial charge >= 0.3 is 0 Å². The molecule has 7 nitrogen and oxygen atoms in total. The summed E-state index contributed by atoms with van der Waals surface area (Å²) in [5.41, 5.74) is -0.161. The lowest BCUT2D eigenvalue weighted by molar-refractivity contribution is 0.101. The van der Waals surface area contributed by atoms with Crippen molar-refractivity contribution in [2.24, 2.45) is 7.05 Å². The molecule has 29 heavy (non-hydrogen) atoms. The number of halogens is 3. The number of aromatic nitrogens is 1. The number of carbonyl (C=O) groups excluding carboxylic acids is 1. The number of anilines is 1. The highest BCUT2D eigenvalue weighted by Gasteiger charge is 2.36. The molecule has 1 atom stereocenters. The summed E-state index contributed by atoms with van der Waals surface area (Å²) in [7, 11) is -2.66. The zero-order valence-electron chi connectivity index (χ0n) is 15.6. The van der Waals surface area contributed by atoms with E-state index in [1.165, 1.54) is 31.7 Å². The van der Waals surface area contributed by atoms with Crippen LogP contribution in [-0.4, -0.2) is 35.9 Å². The molecule has 158 valence electrons. The number of hydrogen-bond acceptors (Lipinski definition) is 5. The first-order chi connectivity index (χ1) is 13.4. The number of sulfonamides is 1. The molecule has 1 aliphatic heterocycles. The molecular formula is C17H18F3N3O4S2. The van der Waals surface area contributed by atoms with E-state index in [9.17, 15) is 26.4 Å². The van der Waals surface area contributed by atoms with Crippen LogP contribution < -0.4 is 14.8 Å². The smallest absolute Gasteiger partial charge is 0.276 e. The first kappa shape index (κ1) is 21.5. The maximum atomic E-state index is 13.9. The number of carbonyl (C=O) groups is 1. The summed E-state index contributed by atoms with van der Waals surface area (Å²) >= 11 is 0.725. The van der Waals surface area contributed by atoms with Crippen LogP contribution in [0.2, 0.25) is 0 Å². The highest BCUT2D eigenvalue weighted by atomic mass is 32.2. The fourth-order valence-electron chi connectivity index (χ4n) is 2.76. The van der Waals surface area contributed by atoms with Crippen LogP contribution in [0.5, 0.6) is 5.75 Å². The number of nitrogens with zero attached hydrogens (tertiary/aromatic N) is 1. The van der Waals surface area contributed by atoms with Gasteiger partial charge in [-0.2, -0.15) is 4.72 Å². The van der Waals surface area contributed by atoms with Gasteiger partial charge in [0.25, 0.3) is 5.91 Å². The van der Waals surface area contributed by atoms with E-state index in [4.69, 9.17) is 4.74 Å². The monoisotopic (exact) mass is 449 g/mol. The van der Waals surface area contributed by atoms with Gasteiger partial charge in [-0.1, -0.05) is 11.8 Å². The second-order valence-corrected chi connectivity index (χ2v) is 10.2. The molecule has 0 fully saturated rings. The molecule has 1 unspecified atom stereocenters. The van der Waals surface area contributed by atoms with Crippen LogP contribution in [0.1, 0.15) is 24.3 Å². The van der Waals surface area contributed by atoms with Crippen LogP contribution in [0.15, 0.2) is 29.3 Å². The Balaban J connectivity index is 1.93. The molecule has 2 heterocycles. The zero-order valence-corrected chi connectivity index (χ0v) is 17.3. The molecule has 2 N–H and O–H groups in total. The average molecular weight is 449 g/mol. The van der Waals surface area contributed by atoms with Crippen molar-refractivity contribution in [1.29, 1.82) is 0 Å². The van der Waals surface area contributed by atoms with Crippen LogP contribution in [0.4, 0.5) is 18.9 Å². The molecule has 1 aromatic heterocycles. The highest BCUT2D eigenvalue weighted by Crippen LogP contribution is 2.36. The predicted octanol–water partition coefficient (Wildman–Crippen LogP) is 2.99. The third-order valence-electron chi connectivity index (χ3n) is 3.87. The second-order valence-electron chi connectivity index (χ2n) is 6.77. The van der Waals surface area contributed by atoms with E-state index in [0.29, 0.717) is 0 Å². The number of rotatable bonds is 4. The maximum Gasteiger partial charge on any atom is 0.276 e. The Bertz CT molecular complexity index is 1060. The van der Waals surface area contributed by atoms with Gasteiger partial charge in [0, 0.05) is 25.0 Å². The lowest BCUT2D eigenvalue weighted by atomic mass is 10.3. The van der Waals surface area contributed by atoms with Crippen molar-refractivity contribution in [3.05, 3.63) is 41.7 Å². The summed E-state index contributed by atoms with van der Waals surface area (Å²) in [6.07, 6.45) is 1.19. The third-order valence-corrected chi connectivity index (χ3v) is 6.59. The highest BCUT2D eigenvalue weighted by molar-refractivity contribution is 8.01. The largest absolute Gasteiger partial charge is 0.487 e. The first-order valence-electron chi connectivity index (χ1n) is 8.35. The fraction of sp³-hybridized carbons (Fsp3) is 0.353. The second kappa shape index (κ2) is 7.58. The van der Waals surface area contributed by atoms with E-state index >= 15 is 0 Å². The van der Waals surface area contributed by atoms with Crippen LogP contribution >= 0.6 is 11.8 Å². The minimum atomic E-state index is -4.09. The number of nitrogens with one attached hydrogen (secondary N) is 2. The molecule has 0 saturated carbocycles. The topological polar surface area (TPSA) is 89.4 Å². The summed E-state index contributed by atoms with van der Waals surface area (Å²) < 4.78 is 74.8. The van der Waals surface area contributed by atoms with E-state index in [2.05, 4.69) is 10.0 Å². The summed E-state index contributed by atoms with van der Waals surface area (Å²) in [6.45, 7) is 2.34. The number of thioether (sulfide) groups is 1. The SMILES string of the molecule is Cn1cc2c(c1C(=O)Nc1ccc(F)c(F)c1)OCC(SC(C)(C)F)NS2(=O)=O. The third kappa shape index (κ3) is 4.70. The van der Waals surface area contributed by atoms with Gasteiger partial charge in [0.05, 0.1) is 0 Å². The summed E-state index contributed by atoms with van der Waals surface area (Å²) in [5.74, 6) is -3.22. The Kier molecular flexibility index (Phi) is 5.62. The maximum absolute atomic E-state index is 13.9. The van der Waals surface area contributed by atoms with Crippen molar-refractivity contribution in [3.63, 3.8) is 0 Å². The van der Waals surface area contributed by atoms with Gasteiger partial charge in [0.2, 0.25) is 10.0 Å². The molecule has 12 heteroatoms. The fourth-order valence-corrected chi connectivity index (χ4v) is 5.38. The van der Waals surface area contributed by atoms with Crippen LogP contribution in [0, 0.1) is 11.6 Å². The molecule has 3 rings (SSSR count). The molecule has 1 aliphatic rings. The molecule has 0 saturated heterocycles. The minimum absolute atomic E-state index is 0.0222. The van der Waals surface area contributed by atoms with Gasteiger partial charge in [-0.15, -0.1) is 0 Å². The van der Waals surface area contributed by atoms with Crippen molar-refractivity contribution in [3.8, 4) is 5.75 Å². The average Bonchev–Trinajstić information content (AvgIpc) is 2.86. The molecular weight excluding hydrogens is 431 g/mol. The Morgan fingerprint density at radius 2 is 2.03 bits per heavy atom. The summed E-state index contributed by atoms with van der Waals surface area (Å²) in [4.78, 5) is 12.4. The van der Waals surface area contributed by atoms with Crippen LogP contribution in [0.3, 0.4) is 0 Å². The minimum Gasteiger partial charge on any atom is -0.487 e. The Morgan fingerprint density at radius 1 is 1.34 bits per heavy atom.